The molecule has 4 nitrogen and oxygen atoms in total. The van der Waals surface area contributed by atoms with Gasteiger partial charge in [0.05, 0.1) is 11.0 Å². The Morgan fingerprint density at radius 1 is 0.390 bits per heavy atom. The largest absolute Gasteiger partial charge is 0.309 e. The Bertz CT molecular complexity index is 2130. The average molecular weight is 525 g/mol. The summed E-state index contributed by atoms with van der Waals surface area (Å²) >= 11 is 0. The standard InChI is InChI=1S/C37H24N4/c1-4-13-26(14-5-1)35-38-36(27-15-6-2-7-16-27)40-37(39-35)28-20-22-31-33(24-28)41(29-17-8-3-9-18-29)32-23-21-25-12-10-11-19-30(25)34(31)32/h1-24H. The van der Waals surface area contributed by atoms with Crippen LogP contribution in [0.4, 0.5) is 0 Å². The van der Waals surface area contributed by atoms with Crippen molar-refractivity contribution in [2.45, 2.75) is 0 Å². The summed E-state index contributed by atoms with van der Waals surface area (Å²) in [5.41, 5.74) is 6.26. The molecule has 0 bridgehead atoms. The van der Waals surface area contributed by atoms with E-state index in [1.807, 2.05) is 60.7 Å². The molecule has 0 fully saturated rings. The second-order valence-corrected chi connectivity index (χ2v) is 10.1. The molecular weight excluding hydrogens is 500 g/mol. The molecule has 0 aliphatic rings. The minimum Gasteiger partial charge on any atom is -0.309 e. The number of hydrogen-bond donors (Lipinski definition) is 0. The maximum Gasteiger partial charge on any atom is 0.164 e. The lowest BCUT2D eigenvalue weighted by Gasteiger charge is -2.10. The Morgan fingerprint density at radius 2 is 0.951 bits per heavy atom. The second-order valence-electron chi connectivity index (χ2n) is 10.1. The van der Waals surface area contributed by atoms with E-state index >= 15 is 0 Å². The van der Waals surface area contributed by atoms with E-state index in [1.54, 1.807) is 0 Å². The Labute approximate surface area is 237 Å². The minimum absolute atomic E-state index is 0.648. The van der Waals surface area contributed by atoms with Crippen LogP contribution in [0.15, 0.2) is 146 Å². The third-order valence-electron chi connectivity index (χ3n) is 7.63. The number of nitrogens with zero attached hydrogens (tertiary/aromatic N) is 4. The summed E-state index contributed by atoms with van der Waals surface area (Å²) in [6.45, 7) is 0. The van der Waals surface area contributed by atoms with Gasteiger partial charge in [0.25, 0.3) is 0 Å². The molecule has 0 amide bonds. The fourth-order valence-corrected chi connectivity index (χ4v) is 5.72. The number of aromatic nitrogens is 4. The molecule has 2 aromatic heterocycles. The minimum atomic E-state index is 0.648. The lowest BCUT2D eigenvalue weighted by molar-refractivity contribution is 1.07. The first-order valence-electron chi connectivity index (χ1n) is 13.7. The maximum absolute atomic E-state index is 4.98. The van der Waals surface area contributed by atoms with E-state index in [0.29, 0.717) is 17.5 Å². The summed E-state index contributed by atoms with van der Waals surface area (Å²) in [5, 5.41) is 4.92. The quantitative estimate of drug-likeness (QED) is 0.231. The molecule has 41 heavy (non-hydrogen) atoms. The highest BCUT2D eigenvalue weighted by molar-refractivity contribution is 6.21. The molecule has 0 atom stereocenters. The van der Waals surface area contributed by atoms with Crippen LogP contribution in [-0.2, 0) is 0 Å². The van der Waals surface area contributed by atoms with Gasteiger partial charge in [-0.2, -0.15) is 0 Å². The van der Waals surface area contributed by atoms with E-state index in [9.17, 15) is 0 Å². The third-order valence-corrected chi connectivity index (χ3v) is 7.63. The van der Waals surface area contributed by atoms with E-state index in [0.717, 1.165) is 27.9 Å². The molecular formula is C37H24N4. The summed E-state index contributed by atoms with van der Waals surface area (Å²) < 4.78 is 2.35. The molecule has 6 aromatic carbocycles. The number of fused-ring (bicyclic) bond motifs is 5. The normalized spacial score (nSPS) is 11.4. The SMILES string of the molecule is c1ccc(-c2nc(-c3ccccc3)nc(-c3ccc4c5c6ccccc6ccc5n(-c5ccccc5)c4c3)n2)cc1. The van der Waals surface area contributed by atoms with Crippen LogP contribution in [0.25, 0.3) is 72.4 Å². The summed E-state index contributed by atoms with van der Waals surface area (Å²) in [7, 11) is 0. The molecule has 8 aromatic rings. The van der Waals surface area contributed by atoms with Crippen molar-refractivity contribution >= 4 is 32.6 Å². The van der Waals surface area contributed by atoms with Crippen LogP contribution in [0.1, 0.15) is 0 Å². The molecule has 0 unspecified atom stereocenters. The molecule has 0 saturated carbocycles. The maximum atomic E-state index is 4.98. The van der Waals surface area contributed by atoms with Gasteiger partial charge in [-0.3, -0.25) is 0 Å². The fourth-order valence-electron chi connectivity index (χ4n) is 5.72. The third kappa shape index (κ3) is 3.97. The van der Waals surface area contributed by atoms with Crippen molar-refractivity contribution in [1.29, 1.82) is 0 Å². The molecule has 8 rings (SSSR count). The molecule has 0 saturated heterocycles. The molecule has 0 aliphatic carbocycles. The summed E-state index contributed by atoms with van der Waals surface area (Å²) in [6.07, 6.45) is 0. The van der Waals surface area contributed by atoms with Gasteiger partial charge in [0.15, 0.2) is 17.5 Å². The first-order valence-corrected chi connectivity index (χ1v) is 13.7. The van der Waals surface area contributed by atoms with Gasteiger partial charge in [-0.15, -0.1) is 0 Å². The highest BCUT2D eigenvalue weighted by Crippen LogP contribution is 2.38. The fraction of sp³-hybridized carbons (Fsp3) is 0. The van der Waals surface area contributed by atoms with E-state index in [2.05, 4.69) is 89.5 Å². The van der Waals surface area contributed by atoms with Crippen LogP contribution in [0.5, 0.6) is 0 Å². The Balaban J connectivity index is 1.42. The van der Waals surface area contributed by atoms with Gasteiger partial charge in [0.1, 0.15) is 0 Å². The summed E-state index contributed by atoms with van der Waals surface area (Å²) in [6, 6.07) is 50.3. The lowest BCUT2D eigenvalue weighted by atomic mass is 10.0. The monoisotopic (exact) mass is 524 g/mol. The van der Waals surface area contributed by atoms with Gasteiger partial charge >= 0.3 is 0 Å². The van der Waals surface area contributed by atoms with Crippen molar-refractivity contribution in [3.05, 3.63) is 146 Å². The van der Waals surface area contributed by atoms with Crippen LogP contribution >= 0.6 is 0 Å². The first-order chi connectivity index (χ1) is 20.3. The zero-order chi connectivity index (χ0) is 27.2. The van der Waals surface area contributed by atoms with Gasteiger partial charge in [0, 0.05) is 33.2 Å². The van der Waals surface area contributed by atoms with Crippen molar-refractivity contribution in [2.24, 2.45) is 0 Å². The second kappa shape index (κ2) is 9.54. The average Bonchev–Trinajstić information content (AvgIpc) is 3.40. The zero-order valence-corrected chi connectivity index (χ0v) is 22.1. The van der Waals surface area contributed by atoms with E-state index in [4.69, 9.17) is 15.0 Å². The van der Waals surface area contributed by atoms with Crippen molar-refractivity contribution in [3.8, 4) is 39.9 Å². The molecule has 0 radical (unpaired) electrons. The number of para-hydroxylation sites is 1. The van der Waals surface area contributed by atoms with Gasteiger partial charge < -0.3 is 4.57 Å². The molecule has 192 valence electrons. The van der Waals surface area contributed by atoms with E-state index in [1.165, 1.54) is 27.1 Å². The molecule has 0 aliphatic heterocycles. The first kappa shape index (κ1) is 23.3. The predicted molar refractivity (Wildman–Crippen MR) is 168 cm³/mol. The molecule has 0 N–H and O–H groups in total. The van der Waals surface area contributed by atoms with Gasteiger partial charge in [-0.05, 0) is 35.0 Å². The molecule has 2 heterocycles. The zero-order valence-electron chi connectivity index (χ0n) is 22.1. The smallest absolute Gasteiger partial charge is 0.164 e. The van der Waals surface area contributed by atoms with Crippen molar-refractivity contribution in [2.75, 3.05) is 0 Å². The Hall–Kier alpha value is -5.61. The Morgan fingerprint density at radius 3 is 1.61 bits per heavy atom. The summed E-state index contributed by atoms with van der Waals surface area (Å²) in [4.78, 5) is 14.8. The number of rotatable bonds is 4. The van der Waals surface area contributed by atoms with Gasteiger partial charge in [-0.25, -0.2) is 15.0 Å². The van der Waals surface area contributed by atoms with Crippen LogP contribution in [0.2, 0.25) is 0 Å². The van der Waals surface area contributed by atoms with E-state index < -0.39 is 0 Å². The lowest BCUT2D eigenvalue weighted by Crippen LogP contribution is -2.00. The van der Waals surface area contributed by atoms with Gasteiger partial charge in [-0.1, -0.05) is 121 Å². The molecule has 0 spiro atoms. The highest BCUT2D eigenvalue weighted by Gasteiger charge is 2.18. The van der Waals surface area contributed by atoms with Crippen molar-refractivity contribution < 1.29 is 0 Å². The van der Waals surface area contributed by atoms with Crippen LogP contribution in [0, 0.1) is 0 Å². The van der Waals surface area contributed by atoms with E-state index in [-0.39, 0.29) is 0 Å². The Kier molecular flexibility index (Phi) is 5.42. The van der Waals surface area contributed by atoms with Crippen molar-refractivity contribution in [1.82, 2.24) is 19.5 Å². The van der Waals surface area contributed by atoms with Crippen LogP contribution in [-0.4, -0.2) is 19.5 Å². The number of hydrogen-bond acceptors (Lipinski definition) is 3. The number of benzene rings is 6. The molecule has 4 heteroatoms. The summed E-state index contributed by atoms with van der Waals surface area (Å²) in [5.74, 6) is 1.96. The van der Waals surface area contributed by atoms with Gasteiger partial charge in [0.2, 0.25) is 0 Å². The predicted octanol–water partition coefficient (Wildman–Crippen LogP) is 9.12. The van der Waals surface area contributed by atoms with Crippen LogP contribution < -0.4 is 0 Å². The van der Waals surface area contributed by atoms with Crippen molar-refractivity contribution in [3.63, 3.8) is 0 Å². The topological polar surface area (TPSA) is 43.6 Å². The van der Waals surface area contributed by atoms with Crippen LogP contribution in [0.3, 0.4) is 0 Å². The highest BCUT2D eigenvalue weighted by atomic mass is 15.0.